The van der Waals surface area contributed by atoms with Crippen LogP contribution in [0.4, 0.5) is 5.69 Å². The van der Waals surface area contributed by atoms with Crippen LogP contribution in [-0.2, 0) is 0 Å². The van der Waals surface area contributed by atoms with Crippen molar-refractivity contribution >= 4 is 34.6 Å². The molecule has 1 heterocycles. The van der Waals surface area contributed by atoms with Gasteiger partial charge in [0.05, 0.1) is 10.7 Å². The summed E-state index contributed by atoms with van der Waals surface area (Å²) in [4.78, 5) is 0. The number of nitrogens with one attached hydrogen (secondary N) is 1. The molecule has 1 aliphatic rings. The fourth-order valence-corrected chi connectivity index (χ4v) is 1.46. The summed E-state index contributed by atoms with van der Waals surface area (Å²) in [6.45, 7) is 0.211. The van der Waals surface area contributed by atoms with Gasteiger partial charge in [-0.15, -0.1) is 0 Å². The van der Waals surface area contributed by atoms with Gasteiger partial charge in [-0.3, -0.25) is 0 Å². The fraction of sp³-hybridized carbons (Fsp3) is 0.125. The van der Waals surface area contributed by atoms with Crippen LogP contribution in [0.5, 0.6) is 11.5 Å². The number of nitrogens with two attached hydrogens (primary N) is 1. The Bertz CT molecular complexity index is 397. The van der Waals surface area contributed by atoms with Gasteiger partial charge in [0, 0.05) is 12.1 Å². The number of anilines is 1. The third-order valence-electron chi connectivity index (χ3n) is 1.72. The van der Waals surface area contributed by atoms with E-state index in [0.29, 0.717) is 22.2 Å². The molecular weight excluding hydrogens is 224 g/mol. The molecule has 1 aromatic carbocycles. The molecule has 14 heavy (non-hydrogen) atoms. The van der Waals surface area contributed by atoms with E-state index in [0.717, 1.165) is 0 Å². The lowest BCUT2D eigenvalue weighted by molar-refractivity contribution is 0.174. The van der Waals surface area contributed by atoms with E-state index in [4.69, 9.17) is 39.0 Å². The molecule has 0 bridgehead atoms. The Hall–Kier alpha value is -1.20. The molecule has 0 spiro atoms. The van der Waals surface area contributed by atoms with Crippen molar-refractivity contribution in [2.24, 2.45) is 5.73 Å². The quantitative estimate of drug-likeness (QED) is 0.720. The maximum atomic E-state index is 5.94. The van der Waals surface area contributed by atoms with Gasteiger partial charge < -0.3 is 20.5 Å². The van der Waals surface area contributed by atoms with E-state index >= 15 is 0 Å². The molecule has 2 rings (SSSR count). The molecule has 1 aliphatic heterocycles. The lowest BCUT2D eigenvalue weighted by atomic mass is 10.3. The van der Waals surface area contributed by atoms with Crippen molar-refractivity contribution in [3.8, 4) is 11.5 Å². The molecule has 6 heteroatoms. The highest BCUT2D eigenvalue weighted by atomic mass is 35.5. The van der Waals surface area contributed by atoms with E-state index in [-0.39, 0.29) is 11.9 Å². The van der Waals surface area contributed by atoms with Crippen LogP contribution in [0, 0.1) is 0 Å². The Morgan fingerprint density at radius 3 is 2.71 bits per heavy atom. The predicted molar refractivity (Wildman–Crippen MR) is 58.0 cm³/mol. The highest BCUT2D eigenvalue weighted by Crippen LogP contribution is 2.39. The summed E-state index contributed by atoms with van der Waals surface area (Å²) < 4.78 is 10.3. The molecule has 0 unspecified atom stereocenters. The first-order valence-corrected chi connectivity index (χ1v) is 4.61. The minimum atomic E-state index is 0.158. The second-order valence-electron chi connectivity index (χ2n) is 2.67. The van der Waals surface area contributed by atoms with E-state index < -0.39 is 0 Å². The Morgan fingerprint density at radius 1 is 1.43 bits per heavy atom. The molecule has 0 atom stereocenters. The van der Waals surface area contributed by atoms with Crippen LogP contribution in [0.25, 0.3) is 0 Å². The molecular formula is C8H7ClN2O2S. The van der Waals surface area contributed by atoms with Gasteiger partial charge in [0.1, 0.15) is 0 Å². The zero-order chi connectivity index (χ0) is 10.1. The molecule has 0 aromatic heterocycles. The highest BCUT2D eigenvalue weighted by Gasteiger charge is 2.16. The summed E-state index contributed by atoms with van der Waals surface area (Å²) in [5.74, 6) is 1.26. The van der Waals surface area contributed by atoms with Gasteiger partial charge >= 0.3 is 0 Å². The maximum Gasteiger partial charge on any atom is 0.231 e. The van der Waals surface area contributed by atoms with Crippen molar-refractivity contribution in [3.05, 3.63) is 17.2 Å². The van der Waals surface area contributed by atoms with Crippen molar-refractivity contribution < 1.29 is 9.47 Å². The lowest BCUT2D eigenvalue weighted by Gasteiger charge is -2.06. The van der Waals surface area contributed by atoms with E-state index in [1.807, 2.05) is 0 Å². The van der Waals surface area contributed by atoms with E-state index in [1.54, 1.807) is 12.1 Å². The van der Waals surface area contributed by atoms with Gasteiger partial charge in [0.2, 0.25) is 6.79 Å². The van der Waals surface area contributed by atoms with E-state index in [1.165, 1.54) is 0 Å². The highest BCUT2D eigenvalue weighted by molar-refractivity contribution is 7.80. The van der Waals surface area contributed by atoms with Crippen LogP contribution in [0.1, 0.15) is 0 Å². The van der Waals surface area contributed by atoms with Gasteiger partial charge in [0.15, 0.2) is 16.6 Å². The SMILES string of the molecule is NC(=S)Nc1cc2c(cc1Cl)OCO2. The van der Waals surface area contributed by atoms with Crippen LogP contribution in [0.15, 0.2) is 12.1 Å². The van der Waals surface area contributed by atoms with Gasteiger partial charge in [-0.05, 0) is 12.2 Å². The molecule has 74 valence electrons. The van der Waals surface area contributed by atoms with Crippen molar-refractivity contribution in [2.45, 2.75) is 0 Å². The first-order valence-electron chi connectivity index (χ1n) is 3.82. The number of hydrogen-bond donors (Lipinski definition) is 2. The van der Waals surface area contributed by atoms with Gasteiger partial charge in [0.25, 0.3) is 0 Å². The third-order valence-corrected chi connectivity index (χ3v) is 2.13. The van der Waals surface area contributed by atoms with Gasteiger partial charge in [-0.25, -0.2) is 0 Å². The summed E-state index contributed by atoms with van der Waals surface area (Å²) in [6.07, 6.45) is 0. The van der Waals surface area contributed by atoms with E-state index in [9.17, 15) is 0 Å². The topological polar surface area (TPSA) is 56.5 Å². The van der Waals surface area contributed by atoms with Crippen molar-refractivity contribution in [1.82, 2.24) is 0 Å². The second kappa shape index (κ2) is 3.51. The summed E-state index contributed by atoms with van der Waals surface area (Å²) in [5.41, 5.74) is 5.94. The summed E-state index contributed by atoms with van der Waals surface area (Å²) in [5, 5.41) is 3.39. The normalized spacial score (nSPS) is 12.6. The van der Waals surface area contributed by atoms with Crippen LogP contribution >= 0.6 is 23.8 Å². The second-order valence-corrected chi connectivity index (χ2v) is 3.52. The molecule has 0 saturated heterocycles. The monoisotopic (exact) mass is 230 g/mol. The van der Waals surface area contributed by atoms with Crippen LogP contribution in [0.2, 0.25) is 5.02 Å². The molecule has 0 radical (unpaired) electrons. The Morgan fingerprint density at radius 2 is 2.07 bits per heavy atom. The molecule has 0 aliphatic carbocycles. The van der Waals surface area contributed by atoms with Crippen molar-refractivity contribution in [2.75, 3.05) is 12.1 Å². The number of ether oxygens (including phenoxy) is 2. The minimum absolute atomic E-state index is 0.158. The average molecular weight is 231 g/mol. The number of benzene rings is 1. The zero-order valence-electron chi connectivity index (χ0n) is 7.04. The first-order chi connectivity index (χ1) is 6.66. The van der Waals surface area contributed by atoms with Crippen molar-refractivity contribution in [3.63, 3.8) is 0 Å². The first kappa shape index (κ1) is 9.36. The summed E-state index contributed by atoms with van der Waals surface area (Å²) in [6, 6.07) is 3.36. The molecule has 4 nitrogen and oxygen atoms in total. The lowest BCUT2D eigenvalue weighted by Crippen LogP contribution is -2.19. The number of hydrogen-bond acceptors (Lipinski definition) is 3. The standard InChI is InChI=1S/C8H7ClN2O2S/c9-4-1-6-7(13-3-12-6)2-5(4)11-8(10)14/h1-2H,3H2,(H3,10,11,14). The van der Waals surface area contributed by atoms with Gasteiger partial charge in [-0.1, -0.05) is 11.6 Å². The largest absolute Gasteiger partial charge is 0.454 e. The number of halogens is 1. The summed E-state index contributed by atoms with van der Waals surface area (Å²) >= 11 is 10.6. The fourth-order valence-electron chi connectivity index (χ4n) is 1.15. The van der Waals surface area contributed by atoms with Crippen LogP contribution in [0.3, 0.4) is 0 Å². The Labute approximate surface area is 90.9 Å². The van der Waals surface area contributed by atoms with Crippen LogP contribution < -0.4 is 20.5 Å². The molecule has 0 saturated carbocycles. The number of thiocarbonyl (C=S) groups is 1. The number of rotatable bonds is 1. The molecule has 0 fully saturated rings. The molecule has 3 N–H and O–H groups in total. The third kappa shape index (κ3) is 1.69. The molecule has 0 amide bonds. The number of fused-ring (bicyclic) bond motifs is 1. The van der Waals surface area contributed by atoms with Crippen molar-refractivity contribution in [1.29, 1.82) is 0 Å². The maximum absolute atomic E-state index is 5.94. The predicted octanol–water partition coefficient (Wildman–Crippen LogP) is 1.72. The summed E-state index contributed by atoms with van der Waals surface area (Å²) in [7, 11) is 0. The zero-order valence-corrected chi connectivity index (χ0v) is 8.61. The average Bonchev–Trinajstić information content (AvgIpc) is 2.51. The van der Waals surface area contributed by atoms with E-state index in [2.05, 4.69) is 5.32 Å². The van der Waals surface area contributed by atoms with Crippen LogP contribution in [-0.4, -0.2) is 11.9 Å². The molecule has 1 aromatic rings. The Balaban J connectivity index is 2.37. The minimum Gasteiger partial charge on any atom is -0.454 e. The van der Waals surface area contributed by atoms with Gasteiger partial charge in [-0.2, -0.15) is 0 Å². The smallest absolute Gasteiger partial charge is 0.231 e. The Kier molecular flexibility index (Phi) is 2.35.